The van der Waals surface area contributed by atoms with E-state index in [-0.39, 0.29) is 0 Å². The van der Waals surface area contributed by atoms with Crippen molar-refractivity contribution < 1.29 is 4.79 Å². The molecule has 0 aromatic carbocycles. The quantitative estimate of drug-likeness (QED) is 0.418. The number of allylic oxidation sites excluding steroid dienone is 4. The van der Waals surface area contributed by atoms with Gasteiger partial charge in [0.1, 0.15) is 5.78 Å². The number of rotatable bonds is 5. The van der Waals surface area contributed by atoms with E-state index in [1.807, 2.05) is 5.57 Å². The van der Waals surface area contributed by atoms with Crippen molar-refractivity contribution in [2.45, 2.75) is 106 Å². The first kappa shape index (κ1) is 22.3. The second-order valence-corrected chi connectivity index (χ2v) is 12.3. The van der Waals surface area contributed by atoms with Crippen molar-refractivity contribution in [3.63, 3.8) is 0 Å². The third-order valence-electron chi connectivity index (χ3n) is 10.7. The predicted molar refractivity (Wildman–Crippen MR) is 127 cm³/mol. The summed E-state index contributed by atoms with van der Waals surface area (Å²) in [4.78, 5) is 12.1. The van der Waals surface area contributed by atoms with Gasteiger partial charge in [-0.3, -0.25) is 4.79 Å². The maximum Gasteiger partial charge on any atom is 0.133 e. The molecule has 0 heterocycles. The number of carbonyl (C=O) groups excluding carboxylic acids is 1. The fourth-order valence-electron chi connectivity index (χ4n) is 8.64. The monoisotopic (exact) mass is 410 g/mol. The van der Waals surface area contributed by atoms with E-state index in [2.05, 4.69) is 53.7 Å². The Labute approximate surface area is 186 Å². The Balaban J connectivity index is 1.50. The van der Waals surface area contributed by atoms with Crippen LogP contribution in [0, 0.1) is 46.3 Å². The molecule has 4 aliphatic rings. The summed E-state index contributed by atoms with van der Waals surface area (Å²) in [6.07, 6.45) is 17.3. The number of hydrogen-bond donors (Lipinski definition) is 0. The van der Waals surface area contributed by atoms with Gasteiger partial charge in [-0.15, -0.1) is 0 Å². The maximum absolute atomic E-state index is 12.1. The molecule has 3 fully saturated rings. The van der Waals surface area contributed by atoms with Gasteiger partial charge in [0, 0.05) is 12.8 Å². The van der Waals surface area contributed by atoms with Gasteiger partial charge in [0.05, 0.1) is 0 Å². The second kappa shape index (κ2) is 8.25. The van der Waals surface area contributed by atoms with Crippen LogP contribution >= 0.6 is 0 Å². The maximum atomic E-state index is 12.1. The lowest BCUT2D eigenvalue weighted by Crippen LogP contribution is -2.49. The number of carbonyl (C=O) groups is 1. The van der Waals surface area contributed by atoms with E-state index in [0.717, 1.165) is 42.9 Å². The van der Waals surface area contributed by atoms with Gasteiger partial charge in [0.15, 0.2) is 0 Å². The smallest absolute Gasteiger partial charge is 0.133 e. The average Bonchev–Trinajstić information content (AvgIpc) is 3.06. The van der Waals surface area contributed by atoms with Crippen molar-refractivity contribution >= 4 is 5.78 Å². The summed E-state index contributed by atoms with van der Waals surface area (Å²) in [7, 11) is 0. The molecule has 0 aliphatic heterocycles. The first-order valence-corrected chi connectivity index (χ1v) is 13.1. The van der Waals surface area contributed by atoms with Crippen LogP contribution in [0.25, 0.3) is 0 Å². The highest BCUT2D eigenvalue weighted by Crippen LogP contribution is 2.66. The Hall–Kier alpha value is -0.850. The normalized spacial score (nSPS) is 42.4. The zero-order chi connectivity index (χ0) is 21.7. The Morgan fingerprint density at radius 3 is 2.53 bits per heavy atom. The fourth-order valence-corrected chi connectivity index (χ4v) is 8.64. The van der Waals surface area contributed by atoms with E-state index in [1.54, 1.807) is 5.57 Å². The third kappa shape index (κ3) is 3.57. The van der Waals surface area contributed by atoms with Gasteiger partial charge in [0.25, 0.3) is 0 Å². The molecule has 30 heavy (non-hydrogen) atoms. The number of fused-ring (bicyclic) bond motifs is 5. The summed E-state index contributed by atoms with van der Waals surface area (Å²) in [6.45, 7) is 14.7. The molecule has 0 aromatic heterocycles. The van der Waals surface area contributed by atoms with Crippen molar-refractivity contribution in [2.75, 3.05) is 0 Å². The van der Waals surface area contributed by atoms with Crippen molar-refractivity contribution in [1.82, 2.24) is 0 Å². The molecule has 4 aliphatic carbocycles. The van der Waals surface area contributed by atoms with E-state index in [4.69, 9.17) is 0 Å². The van der Waals surface area contributed by atoms with Gasteiger partial charge < -0.3 is 0 Å². The van der Waals surface area contributed by atoms with Gasteiger partial charge in [-0.05, 0) is 105 Å². The minimum atomic E-state index is 0.390. The summed E-state index contributed by atoms with van der Waals surface area (Å²) in [5.74, 6) is 5.10. The van der Waals surface area contributed by atoms with Crippen molar-refractivity contribution in [1.29, 1.82) is 0 Å². The van der Waals surface area contributed by atoms with Crippen LogP contribution in [0.1, 0.15) is 106 Å². The zero-order valence-electron chi connectivity index (χ0n) is 20.6. The lowest BCUT2D eigenvalue weighted by atomic mass is 9.47. The highest BCUT2D eigenvalue weighted by atomic mass is 16.1. The van der Waals surface area contributed by atoms with Crippen molar-refractivity contribution in [3.8, 4) is 0 Å². The minimum absolute atomic E-state index is 0.390. The van der Waals surface area contributed by atoms with E-state index in [9.17, 15) is 4.79 Å². The van der Waals surface area contributed by atoms with Gasteiger partial charge in [-0.1, -0.05) is 57.9 Å². The number of Topliss-reactive ketones (excluding diaryl/α,β-unsaturated/α-hetero) is 1. The first-order chi connectivity index (χ1) is 14.2. The second-order valence-electron chi connectivity index (χ2n) is 12.3. The number of ketones is 1. The Kier molecular flexibility index (Phi) is 6.15. The molecule has 0 N–H and O–H groups in total. The summed E-state index contributed by atoms with van der Waals surface area (Å²) in [5, 5.41) is 0. The fraction of sp³-hybridized carbons (Fsp3) is 0.828. The molecule has 7 atom stereocenters. The molecule has 0 bridgehead atoms. The Bertz CT molecular complexity index is 727. The van der Waals surface area contributed by atoms with Crippen LogP contribution in [0.2, 0.25) is 0 Å². The molecule has 0 spiro atoms. The molecule has 0 saturated heterocycles. The van der Waals surface area contributed by atoms with Crippen LogP contribution in [-0.2, 0) is 4.79 Å². The molecule has 168 valence electrons. The highest BCUT2D eigenvalue weighted by Gasteiger charge is 2.58. The molecule has 1 heteroatoms. The lowest BCUT2D eigenvalue weighted by molar-refractivity contribution is -0.127. The van der Waals surface area contributed by atoms with Gasteiger partial charge >= 0.3 is 0 Å². The van der Waals surface area contributed by atoms with Crippen LogP contribution < -0.4 is 0 Å². The molecular weight excluding hydrogens is 364 g/mol. The first-order valence-electron chi connectivity index (χ1n) is 13.1. The van der Waals surface area contributed by atoms with Gasteiger partial charge in [0.2, 0.25) is 0 Å². The molecule has 0 radical (unpaired) electrons. The molecule has 3 saturated carbocycles. The van der Waals surface area contributed by atoms with E-state index >= 15 is 0 Å². The lowest BCUT2D eigenvalue weighted by Gasteiger charge is -2.57. The minimum Gasteiger partial charge on any atom is -0.300 e. The predicted octanol–water partition coefficient (Wildman–Crippen LogP) is 8.15. The van der Waals surface area contributed by atoms with E-state index in [0.29, 0.717) is 28.4 Å². The third-order valence-corrected chi connectivity index (χ3v) is 10.7. The van der Waals surface area contributed by atoms with E-state index in [1.165, 1.54) is 44.9 Å². The van der Waals surface area contributed by atoms with Crippen LogP contribution in [-0.4, -0.2) is 5.78 Å². The highest BCUT2D eigenvalue weighted by molar-refractivity contribution is 5.79. The van der Waals surface area contributed by atoms with Gasteiger partial charge in [-0.2, -0.15) is 0 Å². The topological polar surface area (TPSA) is 17.1 Å². The molecule has 1 nitrogen and oxygen atoms in total. The Morgan fingerprint density at radius 1 is 1.10 bits per heavy atom. The summed E-state index contributed by atoms with van der Waals surface area (Å²) in [6, 6.07) is 0. The number of hydrogen-bond acceptors (Lipinski definition) is 1. The van der Waals surface area contributed by atoms with Crippen LogP contribution in [0.15, 0.2) is 23.3 Å². The van der Waals surface area contributed by atoms with Crippen LogP contribution in [0.3, 0.4) is 0 Å². The molecule has 0 unspecified atom stereocenters. The zero-order valence-corrected chi connectivity index (χ0v) is 20.6. The summed E-state index contributed by atoms with van der Waals surface area (Å²) >= 11 is 0. The molecule has 0 aromatic rings. The summed E-state index contributed by atoms with van der Waals surface area (Å²) < 4.78 is 0. The van der Waals surface area contributed by atoms with Crippen molar-refractivity contribution in [2.24, 2.45) is 46.3 Å². The summed E-state index contributed by atoms with van der Waals surface area (Å²) in [5.41, 5.74) is 4.37. The standard InChI is InChI=1S/C29H46O/c1-7-21(19(2)3)9-8-20(4)25-12-13-26-24-11-10-22-18-23(30)14-16-28(22,5)27(24)15-17-29(25,26)6/h7,11,19-20,22,25-27H,8-10,12-18H2,1-6H3/b21-7-/t20-,22+,25-,26+,27+,28+,29-/m1/s1. The van der Waals surface area contributed by atoms with Crippen LogP contribution in [0.4, 0.5) is 0 Å². The molecule has 4 rings (SSSR count). The van der Waals surface area contributed by atoms with Crippen molar-refractivity contribution in [3.05, 3.63) is 23.3 Å². The Morgan fingerprint density at radius 2 is 1.83 bits per heavy atom. The van der Waals surface area contributed by atoms with Crippen LogP contribution in [0.5, 0.6) is 0 Å². The largest absolute Gasteiger partial charge is 0.300 e. The van der Waals surface area contributed by atoms with Gasteiger partial charge in [-0.25, -0.2) is 0 Å². The average molecular weight is 411 g/mol. The molecule has 0 amide bonds. The van der Waals surface area contributed by atoms with E-state index < -0.39 is 0 Å². The SMILES string of the molecule is C/C=C(/CC[C@@H](C)[C@H]1CC[C@H]2C3=CC[C@H]4CC(=O)CC[C@]4(C)[C@H]3CC[C@]12C)C(C)C. The molecular formula is C29H46O.